The molecule has 1 saturated heterocycles. The molecule has 0 N–H and O–H groups in total. The van der Waals surface area contributed by atoms with Crippen LogP contribution in [0.3, 0.4) is 0 Å². The van der Waals surface area contributed by atoms with Gasteiger partial charge in [-0.3, -0.25) is 4.79 Å². The van der Waals surface area contributed by atoms with Gasteiger partial charge >= 0.3 is 0 Å². The zero-order chi connectivity index (χ0) is 11.7. The van der Waals surface area contributed by atoms with Gasteiger partial charge < -0.3 is 4.90 Å². The van der Waals surface area contributed by atoms with E-state index in [2.05, 4.69) is 28.6 Å². The fourth-order valence-corrected chi connectivity index (χ4v) is 2.70. The van der Waals surface area contributed by atoms with Crippen molar-refractivity contribution in [1.82, 2.24) is 0 Å². The fourth-order valence-electron chi connectivity index (χ4n) is 1.83. The van der Waals surface area contributed by atoms with E-state index in [9.17, 15) is 4.79 Å². The van der Waals surface area contributed by atoms with Crippen LogP contribution in [-0.2, 0) is 4.79 Å². The molecule has 0 spiro atoms. The van der Waals surface area contributed by atoms with Gasteiger partial charge in [0.1, 0.15) is 0 Å². The molecule has 0 saturated carbocycles. The van der Waals surface area contributed by atoms with Gasteiger partial charge in [0.2, 0.25) is 5.91 Å². The minimum absolute atomic E-state index is 0.141. The van der Waals surface area contributed by atoms with Gasteiger partial charge in [0.05, 0.1) is 5.69 Å². The number of thiol groups is 1. The first-order valence-corrected chi connectivity index (χ1v) is 6.78. The normalized spacial score (nSPS) is 20.6. The molecule has 1 unspecified atom stereocenters. The molecular weight excluding hydrogens is 310 g/mol. The van der Waals surface area contributed by atoms with Crippen molar-refractivity contribution in [2.24, 2.45) is 5.92 Å². The molecule has 1 atom stereocenters. The lowest BCUT2D eigenvalue weighted by molar-refractivity contribution is -0.117. The lowest BCUT2D eigenvalue weighted by atomic mass is 10.1. The summed E-state index contributed by atoms with van der Waals surface area (Å²) in [5.41, 5.74) is 0.849. The highest BCUT2D eigenvalue weighted by molar-refractivity contribution is 9.10. The molecule has 0 aromatic heterocycles. The lowest BCUT2D eigenvalue weighted by Crippen LogP contribution is -2.25. The Balaban J connectivity index is 2.30. The molecule has 5 heteroatoms. The molecule has 86 valence electrons. The summed E-state index contributed by atoms with van der Waals surface area (Å²) in [6.07, 6.45) is 0.572. The van der Waals surface area contributed by atoms with E-state index in [-0.39, 0.29) is 5.91 Å². The van der Waals surface area contributed by atoms with E-state index in [1.54, 1.807) is 11.0 Å². The van der Waals surface area contributed by atoms with E-state index in [1.165, 1.54) is 0 Å². The minimum Gasteiger partial charge on any atom is -0.311 e. The van der Waals surface area contributed by atoms with Crippen LogP contribution in [0.5, 0.6) is 0 Å². The number of nitrogens with zero attached hydrogens (tertiary/aromatic N) is 1. The highest BCUT2D eigenvalue weighted by atomic mass is 79.9. The van der Waals surface area contributed by atoms with E-state index in [0.29, 0.717) is 17.4 Å². The summed E-state index contributed by atoms with van der Waals surface area (Å²) >= 11 is 13.6. The topological polar surface area (TPSA) is 20.3 Å². The van der Waals surface area contributed by atoms with Crippen molar-refractivity contribution < 1.29 is 4.79 Å². The first kappa shape index (κ1) is 12.3. The second kappa shape index (κ2) is 4.98. The first-order chi connectivity index (χ1) is 7.61. The monoisotopic (exact) mass is 319 g/mol. The average Bonchev–Trinajstić information content (AvgIpc) is 2.63. The Labute approximate surface area is 113 Å². The number of carbonyl (C=O) groups excluding carboxylic acids is 1. The van der Waals surface area contributed by atoms with Crippen molar-refractivity contribution in [3.05, 3.63) is 27.7 Å². The standard InChI is InChI=1S/C11H11BrClNOS/c12-9-2-1-8(13)4-10(9)14-5-7(6-16)3-11(14)15/h1-2,4,7,16H,3,5-6H2. The third-order valence-electron chi connectivity index (χ3n) is 2.66. The summed E-state index contributed by atoms with van der Waals surface area (Å²) < 4.78 is 0.894. The van der Waals surface area contributed by atoms with E-state index >= 15 is 0 Å². The van der Waals surface area contributed by atoms with E-state index in [4.69, 9.17) is 11.6 Å². The number of halogens is 2. The summed E-state index contributed by atoms with van der Waals surface area (Å²) in [6.45, 7) is 0.723. The predicted molar refractivity (Wildman–Crippen MR) is 73.5 cm³/mol. The predicted octanol–water partition coefficient (Wildman–Crippen LogP) is 3.39. The first-order valence-electron chi connectivity index (χ1n) is 4.98. The SMILES string of the molecule is O=C1CC(CS)CN1c1cc(Cl)ccc1Br. The van der Waals surface area contributed by atoms with Crippen molar-refractivity contribution >= 4 is 51.8 Å². The van der Waals surface area contributed by atoms with Crippen LogP contribution in [0.15, 0.2) is 22.7 Å². The van der Waals surface area contributed by atoms with Gasteiger partial charge in [-0.15, -0.1) is 0 Å². The van der Waals surface area contributed by atoms with Crippen LogP contribution in [-0.4, -0.2) is 18.2 Å². The highest BCUT2D eigenvalue weighted by Crippen LogP contribution is 2.33. The zero-order valence-corrected chi connectivity index (χ0v) is 11.7. The Morgan fingerprint density at radius 2 is 2.31 bits per heavy atom. The van der Waals surface area contributed by atoms with Gasteiger partial charge in [0.15, 0.2) is 0 Å². The molecule has 1 amide bonds. The van der Waals surface area contributed by atoms with Crippen molar-refractivity contribution in [3.8, 4) is 0 Å². The van der Waals surface area contributed by atoms with Gasteiger partial charge in [0.25, 0.3) is 0 Å². The van der Waals surface area contributed by atoms with Crippen LogP contribution in [0.25, 0.3) is 0 Å². The second-order valence-electron chi connectivity index (χ2n) is 3.85. The Morgan fingerprint density at radius 1 is 1.56 bits per heavy atom. The van der Waals surface area contributed by atoms with E-state index < -0.39 is 0 Å². The molecule has 16 heavy (non-hydrogen) atoms. The minimum atomic E-state index is 0.141. The summed E-state index contributed by atoms with van der Waals surface area (Å²) in [7, 11) is 0. The molecule has 2 rings (SSSR count). The third-order valence-corrected chi connectivity index (χ3v) is 4.08. The van der Waals surface area contributed by atoms with Crippen LogP contribution in [0.4, 0.5) is 5.69 Å². The van der Waals surface area contributed by atoms with E-state index in [1.807, 2.05) is 12.1 Å². The van der Waals surface area contributed by atoms with Crippen molar-refractivity contribution in [3.63, 3.8) is 0 Å². The Kier molecular flexibility index (Phi) is 3.82. The number of amides is 1. The Morgan fingerprint density at radius 3 is 2.94 bits per heavy atom. The molecule has 1 aliphatic rings. The van der Waals surface area contributed by atoms with Crippen LogP contribution in [0.2, 0.25) is 5.02 Å². The maximum absolute atomic E-state index is 11.8. The largest absolute Gasteiger partial charge is 0.311 e. The van der Waals surface area contributed by atoms with Gasteiger partial charge in [-0.05, 0) is 45.8 Å². The van der Waals surface area contributed by atoms with Gasteiger partial charge in [-0.25, -0.2) is 0 Å². The molecule has 2 nitrogen and oxygen atoms in total. The number of benzene rings is 1. The summed E-state index contributed by atoms with van der Waals surface area (Å²) in [5.74, 6) is 1.21. The second-order valence-corrected chi connectivity index (χ2v) is 5.51. The molecular formula is C11H11BrClNOS. The fraction of sp³-hybridized carbons (Fsp3) is 0.364. The summed E-state index contributed by atoms with van der Waals surface area (Å²) in [5, 5.41) is 0.639. The van der Waals surface area contributed by atoms with Crippen molar-refractivity contribution in [2.75, 3.05) is 17.2 Å². The molecule has 0 radical (unpaired) electrons. The van der Waals surface area contributed by atoms with Crippen LogP contribution >= 0.6 is 40.2 Å². The number of carbonyl (C=O) groups is 1. The number of rotatable bonds is 2. The van der Waals surface area contributed by atoms with Gasteiger partial charge in [0, 0.05) is 22.5 Å². The van der Waals surface area contributed by atoms with Crippen molar-refractivity contribution in [2.45, 2.75) is 6.42 Å². The van der Waals surface area contributed by atoms with Gasteiger partial charge in [-0.1, -0.05) is 11.6 Å². The van der Waals surface area contributed by atoms with Gasteiger partial charge in [-0.2, -0.15) is 12.6 Å². The lowest BCUT2D eigenvalue weighted by Gasteiger charge is -2.18. The molecule has 0 aliphatic carbocycles. The highest BCUT2D eigenvalue weighted by Gasteiger charge is 2.30. The molecule has 1 aliphatic heterocycles. The zero-order valence-electron chi connectivity index (χ0n) is 8.49. The molecule has 1 heterocycles. The van der Waals surface area contributed by atoms with Crippen LogP contribution in [0.1, 0.15) is 6.42 Å². The molecule has 1 aromatic rings. The molecule has 1 aromatic carbocycles. The smallest absolute Gasteiger partial charge is 0.227 e. The number of hydrogen-bond acceptors (Lipinski definition) is 2. The van der Waals surface area contributed by atoms with Crippen LogP contribution < -0.4 is 4.90 Å². The summed E-state index contributed by atoms with van der Waals surface area (Å²) in [4.78, 5) is 13.6. The summed E-state index contributed by atoms with van der Waals surface area (Å²) in [6, 6.07) is 5.47. The Hall–Kier alpha value is -0.190. The maximum Gasteiger partial charge on any atom is 0.227 e. The number of hydrogen-bond donors (Lipinski definition) is 1. The molecule has 1 fully saturated rings. The number of anilines is 1. The Bertz CT molecular complexity index is 426. The van der Waals surface area contributed by atoms with E-state index in [0.717, 1.165) is 22.5 Å². The van der Waals surface area contributed by atoms with Crippen LogP contribution in [0, 0.1) is 5.92 Å². The third kappa shape index (κ3) is 2.39. The molecule has 0 bridgehead atoms. The quantitative estimate of drug-likeness (QED) is 0.828. The van der Waals surface area contributed by atoms with Crippen molar-refractivity contribution in [1.29, 1.82) is 0 Å². The maximum atomic E-state index is 11.8. The average molecular weight is 321 g/mol.